The Labute approximate surface area is 237 Å². The van der Waals surface area contributed by atoms with E-state index in [1.165, 1.54) is 11.1 Å². The fourth-order valence-corrected chi connectivity index (χ4v) is 7.21. The number of methoxy groups -OCH3 is 1. The molecule has 1 fully saturated rings. The van der Waals surface area contributed by atoms with Crippen molar-refractivity contribution in [1.29, 1.82) is 0 Å². The summed E-state index contributed by atoms with van der Waals surface area (Å²) < 4.78 is 12.4. The highest BCUT2D eigenvalue weighted by molar-refractivity contribution is 7.59. The Hall–Kier alpha value is -2.72. The SMILES string of the molecule is COc1ccc2c3c1O[C@H]1[C@@H](CC(=O)NCCCC(=O)NC(C(=O)O)C(C)C)C=CC4[C@@H](C2)N(C)CC[C@@]341.S. The number of carboxylic acids is 1. The zero-order valence-corrected chi connectivity index (χ0v) is 24.2. The van der Waals surface area contributed by atoms with Crippen LogP contribution in [0.3, 0.4) is 0 Å². The number of likely N-dealkylation sites (N-methyl/N-ethyl adjacent to an activating group) is 1. The summed E-state index contributed by atoms with van der Waals surface area (Å²) in [6, 6.07) is 3.69. The minimum absolute atomic E-state index is 0. The fourth-order valence-electron chi connectivity index (χ4n) is 7.21. The summed E-state index contributed by atoms with van der Waals surface area (Å²) >= 11 is 0. The van der Waals surface area contributed by atoms with Crippen LogP contribution in [-0.4, -0.2) is 73.2 Å². The van der Waals surface area contributed by atoms with Crippen molar-refractivity contribution in [2.45, 2.75) is 69.6 Å². The third-order valence-corrected chi connectivity index (χ3v) is 9.06. The first-order valence-corrected chi connectivity index (χ1v) is 13.7. The van der Waals surface area contributed by atoms with E-state index in [0.29, 0.717) is 31.3 Å². The van der Waals surface area contributed by atoms with Crippen molar-refractivity contribution < 1.29 is 29.0 Å². The molecule has 0 saturated carbocycles. The summed E-state index contributed by atoms with van der Waals surface area (Å²) in [6.07, 6.45) is 7.24. The van der Waals surface area contributed by atoms with Gasteiger partial charge in [0.1, 0.15) is 12.1 Å². The smallest absolute Gasteiger partial charge is 0.326 e. The highest BCUT2D eigenvalue weighted by Crippen LogP contribution is 2.63. The van der Waals surface area contributed by atoms with Crippen molar-refractivity contribution in [3.63, 3.8) is 0 Å². The van der Waals surface area contributed by atoms with Gasteiger partial charge in [-0.25, -0.2) is 4.79 Å². The van der Waals surface area contributed by atoms with E-state index in [9.17, 15) is 19.5 Å². The second-order valence-electron chi connectivity index (χ2n) is 11.6. The largest absolute Gasteiger partial charge is 0.493 e. The average molecular weight is 560 g/mol. The minimum atomic E-state index is -1.04. The average Bonchev–Trinajstić information content (AvgIpc) is 3.23. The van der Waals surface area contributed by atoms with E-state index in [-0.39, 0.29) is 55.1 Å². The lowest BCUT2D eigenvalue weighted by atomic mass is 9.52. The van der Waals surface area contributed by atoms with Crippen LogP contribution < -0.4 is 20.1 Å². The molecule has 1 aromatic carbocycles. The monoisotopic (exact) mass is 559 g/mol. The van der Waals surface area contributed by atoms with Gasteiger partial charge in [0.2, 0.25) is 11.8 Å². The number of hydrogen-bond donors (Lipinski definition) is 3. The van der Waals surface area contributed by atoms with Crippen LogP contribution in [-0.2, 0) is 26.2 Å². The highest BCUT2D eigenvalue weighted by atomic mass is 32.1. The molecule has 9 nitrogen and oxygen atoms in total. The molecule has 2 aliphatic heterocycles. The number of benzene rings is 1. The van der Waals surface area contributed by atoms with Gasteiger partial charge in [-0.05, 0) is 50.4 Å². The van der Waals surface area contributed by atoms with Crippen molar-refractivity contribution in [1.82, 2.24) is 15.5 Å². The Morgan fingerprint density at radius 2 is 2.00 bits per heavy atom. The molecule has 6 atom stereocenters. The Morgan fingerprint density at radius 3 is 2.69 bits per heavy atom. The Kier molecular flexibility index (Phi) is 8.56. The molecule has 2 heterocycles. The summed E-state index contributed by atoms with van der Waals surface area (Å²) in [5.74, 6) is 0.233. The van der Waals surface area contributed by atoms with Crippen LogP contribution in [0.5, 0.6) is 11.5 Å². The number of aliphatic carboxylic acids is 1. The lowest BCUT2D eigenvalue weighted by molar-refractivity contribution is -0.143. The number of piperidine rings is 1. The lowest BCUT2D eigenvalue weighted by Crippen LogP contribution is -2.64. The van der Waals surface area contributed by atoms with Crippen LogP contribution in [0.4, 0.5) is 0 Å². The van der Waals surface area contributed by atoms with Gasteiger partial charge in [-0.1, -0.05) is 32.1 Å². The first-order valence-electron chi connectivity index (χ1n) is 13.7. The number of ether oxygens (including phenoxy) is 2. The topological polar surface area (TPSA) is 117 Å². The normalized spacial score (nSPS) is 28.5. The van der Waals surface area contributed by atoms with Crippen molar-refractivity contribution in [2.75, 3.05) is 27.2 Å². The molecule has 2 aliphatic carbocycles. The zero-order valence-electron chi connectivity index (χ0n) is 23.2. The van der Waals surface area contributed by atoms with Crippen molar-refractivity contribution in [3.05, 3.63) is 35.4 Å². The van der Waals surface area contributed by atoms with E-state index in [0.717, 1.165) is 30.9 Å². The van der Waals surface area contributed by atoms with Gasteiger partial charge in [0, 0.05) is 48.2 Å². The number of carbonyl (C=O) groups is 3. The van der Waals surface area contributed by atoms with Gasteiger partial charge >= 0.3 is 5.97 Å². The number of hydrogen-bond acceptors (Lipinski definition) is 6. The summed E-state index contributed by atoms with van der Waals surface area (Å²) in [4.78, 5) is 38.9. The Bertz CT molecular complexity index is 1160. The van der Waals surface area contributed by atoms with Crippen molar-refractivity contribution in [3.8, 4) is 11.5 Å². The number of amides is 2. The van der Waals surface area contributed by atoms with E-state index in [1.54, 1.807) is 21.0 Å². The molecule has 0 radical (unpaired) electrons. The first-order chi connectivity index (χ1) is 18.2. The van der Waals surface area contributed by atoms with E-state index < -0.39 is 12.0 Å². The number of nitrogens with zero attached hydrogens (tertiary/aromatic N) is 1. The molecule has 1 spiro atoms. The first kappa shape index (κ1) is 29.3. The summed E-state index contributed by atoms with van der Waals surface area (Å²) in [6.45, 7) is 4.85. The van der Waals surface area contributed by atoms with Gasteiger partial charge in [0.25, 0.3) is 0 Å². The molecule has 0 aromatic heterocycles. The lowest BCUT2D eigenvalue weighted by Gasteiger charge is -2.57. The maximum Gasteiger partial charge on any atom is 0.326 e. The van der Waals surface area contributed by atoms with Crippen LogP contribution in [0.1, 0.15) is 50.7 Å². The van der Waals surface area contributed by atoms with E-state index in [4.69, 9.17) is 9.47 Å². The molecule has 1 saturated heterocycles. The third kappa shape index (κ3) is 5.01. The Balaban J connectivity index is 0.00000353. The molecule has 2 unspecified atom stereocenters. The molecule has 2 amide bonds. The summed E-state index contributed by atoms with van der Waals surface area (Å²) in [7, 11) is 3.88. The number of carboxylic acid groups (broad SMARTS) is 1. The number of carbonyl (C=O) groups excluding carboxylic acids is 2. The molecule has 5 rings (SSSR count). The molecular formula is C29H41N3O6S. The minimum Gasteiger partial charge on any atom is -0.493 e. The quantitative estimate of drug-likeness (QED) is 0.298. The third-order valence-electron chi connectivity index (χ3n) is 9.06. The molecule has 4 aliphatic rings. The Morgan fingerprint density at radius 1 is 1.23 bits per heavy atom. The predicted octanol–water partition coefficient (Wildman–Crippen LogP) is 2.38. The fraction of sp³-hybridized carbons (Fsp3) is 0.621. The molecule has 1 aromatic rings. The molecule has 3 N–H and O–H groups in total. The van der Waals surface area contributed by atoms with Crippen LogP contribution in [0, 0.1) is 17.8 Å². The number of nitrogens with one attached hydrogen (secondary N) is 2. The van der Waals surface area contributed by atoms with Crippen LogP contribution in [0.2, 0.25) is 0 Å². The second-order valence-corrected chi connectivity index (χ2v) is 11.6. The predicted molar refractivity (Wildman–Crippen MR) is 152 cm³/mol. The summed E-state index contributed by atoms with van der Waals surface area (Å²) in [5, 5.41) is 14.8. The maximum atomic E-state index is 13.0. The highest BCUT2D eigenvalue weighted by Gasteiger charge is 2.64. The zero-order chi connectivity index (χ0) is 27.2. The van der Waals surface area contributed by atoms with E-state index >= 15 is 0 Å². The van der Waals surface area contributed by atoms with Gasteiger partial charge in [-0.2, -0.15) is 13.5 Å². The molecule has 214 valence electrons. The van der Waals surface area contributed by atoms with Crippen LogP contribution in [0.15, 0.2) is 24.3 Å². The number of likely N-dealkylation sites (tertiary alicyclic amines) is 1. The van der Waals surface area contributed by atoms with Crippen molar-refractivity contribution in [2.24, 2.45) is 17.8 Å². The second kappa shape index (κ2) is 11.4. The van der Waals surface area contributed by atoms with Crippen LogP contribution in [0.25, 0.3) is 0 Å². The molecule has 39 heavy (non-hydrogen) atoms. The molecule has 2 bridgehead atoms. The van der Waals surface area contributed by atoms with Gasteiger partial charge in [-0.3, -0.25) is 9.59 Å². The van der Waals surface area contributed by atoms with Gasteiger partial charge in [0.05, 0.1) is 7.11 Å². The molecular weight excluding hydrogens is 518 g/mol. The van der Waals surface area contributed by atoms with Crippen LogP contribution >= 0.6 is 13.5 Å². The van der Waals surface area contributed by atoms with E-state index in [1.807, 2.05) is 6.07 Å². The van der Waals surface area contributed by atoms with Gasteiger partial charge in [-0.15, -0.1) is 0 Å². The molecule has 10 heteroatoms. The van der Waals surface area contributed by atoms with Gasteiger partial charge in [0.15, 0.2) is 11.5 Å². The number of rotatable bonds is 10. The van der Waals surface area contributed by atoms with Gasteiger partial charge < -0.3 is 30.1 Å². The maximum absolute atomic E-state index is 13.0. The van der Waals surface area contributed by atoms with Crippen molar-refractivity contribution >= 4 is 31.3 Å². The van der Waals surface area contributed by atoms with E-state index in [2.05, 4.69) is 40.8 Å². The summed E-state index contributed by atoms with van der Waals surface area (Å²) in [5.41, 5.74) is 2.47. The standard InChI is InChI=1S/C29H39N3O6.H2S/c1-16(2)25(28(35)36)31-22(33)6-5-12-30-23(34)15-18-7-9-19-20-14-17-8-10-21(37-4)26-24(17)29(19,27(18)38-26)11-13-32(20)3;/h7-10,16,18-20,25,27H,5-6,11-15H2,1-4H3,(H,30,34)(H,31,33)(H,35,36);1H2/t18-,19?,20-,25?,27+,29+;/m1./s1.